The zero-order valence-electron chi connectivity index (χ0n) is 9.63. The standard InChI is InChI=1S/C12H20N2O2/c1-14(7-8-15)6-5-12(16)10-3-2-4-11(13)9-10/h2-4,9,12,15-16H,5-8,13H2,1H3. The molecule has 0 fully saturated rings. The van der Waals surface area contributed by atoms with Gasteiger partial charge in [-0.1, -0.05) is 12.1 Å². The number of nitrogens with zero attached hydrogens (tertiary/aromatic N) is 1. The van der Waals surface area contributed by atoms with Crippen LogP contribution in [0.4, 0.5) is 5.69 Å². The fourth-order valence-electron chi connectivity index (χ4n) is 1.56. The first-order chi connectivity index (χ1) is 7.63. The minimum Gasteiger partial charge on any atom is -0.399 e. The maximum atomic E-state index is 9.92. The van der Waals surface area contributed by atoms with E-state index >= 15 is 0 Å². The molecule has 90 valence electrons. The molecule has 0 amide bonds. The third kappa shape index (κ3) is 4.18. The van der Waals surface area contributed by atoms with Crippen molar-refractivity contribution in [1.29, 1.82) is 0 Å². The molecule has 1 atom stereocenters. The molecule has 0 aliphatic carbocycles. The van der Waals surface area contributed by atoms with Crippen molar-refractivity contribution < 1.29 is 10.2 Å². The first kappa shape index (κ1) is 13.0. The van der Waals surface area contributed by atoms with Crippen molar-refractivity contribution in [3.63, 3.8) is 0 Å². The summed E-state index contributed by atoms with van der Waals surface area (Å²) < 4.78 is 0. The van der Waals surface area contributed by atoms with Gasteiger partial charge in [-0.15, -0.1) is 0 Å². The second-order valence-electron chi connectivity index (χ2n) is 4.00. The van der Waals surface area contributed by atoms with Gasteiger partial charge in [0.25, 0.3) is 0 Å². The molecule has 0 aromatic heterocycles. The van der Waals surface area contributed by atoms with Gasteiger partial charge in [-0.05, 0) is 31.2 Å². The molecule has 0 heterocycles. The van der Waals surface area contributed by atoms with E-state index in [4.69, 9.17) is 10.8 Å². The smallest absolute Gasteiger partial charge is 0.0803 e. The Morgan fingerprint density at radius 1 is 1.38 bits per heavy atom. The predicted octanol–water partition coefficient (Wildman–Crippen LogP) is 0.616. The molecule has 1 aromatic carbocycles. The van der Waals surface area contributed by atoms with Crippen LogP contribution in [-0.2, 0) is 0 Å². The Morgan fingerprint density at radius 3 is 2.75 bits per heavy atom. The largest absolute Gasteiger partial charge is 0.399 e. The Hall–Kier alpha value is -1.10. The molecule has 1 aromatic rings. The number of likely N-dealkylation sites (N-methyl/N-ethyl adjacent to an activating group) is 1. The normalized spacial score (nSPS) is 13.0. The second kappa shape index (κ2) is 6.48. The Labute approximate surface area is 96.3 Å². The quantitative estimate of drug-likeness (QED) is 0.619. The summed E-state index contributed by atoms with van der Waals surface area (Å²) in [7, 11) is 1.92. The average molecular weight is 224 g/mol. The van der Waals surface area contributed by atoms with E-state index in [9.17, 15) is 5.11 Å². The molecule has 0 saturated carbocycles. The van der Waals surface area contributed by atoms with Gasteiger partial charge < -0.3 is 20.8 Å². The fraction of sp³-hybridized carbons (Fsp3) is 0.500. The molecule has 0 saturated heterocycles. The van der Waals surface area contributed by atoms with Crippen LogP contribution < -0.4 is 5.73 Å². The van der Waals surface area contributed by atoms with Gasteiger partial charge >= 0.3 is 0 Å². The number of benzene rings is 1. The number of hydrogen-bond acceptors (Lipinski definition) is 4. The number of nitrogen functional groups attached to an aromatic ring is 1. The van der Waals surface area contributed by atoms with Crippen LogP contribution in [0, 0.1) is 0 Å². The molecular weight excluding hydrogens is 204 g/mol. The van der Waals surface area contributed by atoms with E-state index in [-0.39, 0.29) is 6.61 Å². The average Bonchev–Trinajstić information content (AvgIpc) is 2.26. The fourth-order valence-corrected chi connectivity index (χ4v) is 1.56. The Balaban J connectivity index is 2.43. The van der Waals surface area contributed by atoms with Crippen LogP contribution in [0.15, 0.2) is 24.3 Å². The van der Waals surface area contributed by atoms with E-state index in [2.05, 4.69) is 0 Å². The summed E-state index contributed by atoms with van der Waals surface area (Å²) in [6.45, 7) is 1.52. The first-order valence-corrected chi connectivity index (χ1v) is 5.46. The summed E-state index contributed by atoms with van der Waals surface area (Å²) in [5, 5.41) is 18.7. The van der Waals surface area contributed by atoms with Gasteiger partial charge in [-0.3, -0.25) is 0 Å². The van der Waals surface area contributed by atoms with Gasteiger partial charge in [-0.2, -0.15) is 0 Å². The van der Waals surface area contributed by atoms with Crippen molar-refractivity contribution in [1.82, 2.24) is 4.90 Å². The van der Waals surface area contributed by atoms with Gasteiger partial charge in [-0.25, -0.2) is 0 Å². The maximum absolute atomic E-state index is 9.92. The highest BCUT2D eigenvalue weighted by Crippen LogP contribution is 2.18. The van der Waals surface area contributed by atoms with Crippen molar-refractivity contribution in [2.45, 2.75) is 12.5 Å². The lowest BCUT2D eigenvalue weighted by Crippen LogP contribution is -2.24. The number of aliphatic hydroxyl groups excluding tert-OH is 2. The summed E-state index contributed by atoms with van der Waals surface area (Å²) in [4.78, 5) is 1.98. The van der Waals surface area contributed by atoms with Crippen molar-refractivity contribution in [3.8, 4) is 0 Å². The summed E-state index contributed by atoms with van der Waals surface area (Å²) in [5.41, 5.74) is 7.16. The molecule has 0 aliphatic heterocycles. The molecular formula is C12H20N2O2. The molecule has 0 aliphatic rings. The van der Waals surface area contributed by atoms with Crippen LogP contribution in [-0.4, -0.2) is 41.9 Å². The van der Waals surface area contributed by atoms with Gasteiger partial charge in [0.05, 0.1) is 12.7 Å². The number of aliphatic hydroxyl groups is 2. The Kier molecular flexibility index (Phi) is 5.25. The molecule has 4 nitrogen and oxygen atoms in total. The van der Waals surface area contributed by atoms with Crippen molar-refractivity contribution in [2.24, 2.45) is 0 Å². The van der Waals surface area contributed by atoms with Crippen molar-refractivity contribution >= 4 is 5.69 Å². The maximum Gasteiger partial charge on any atom is 0.0803 e. The molecule has 4 N–H and O–H groups in total. The molecule has 4 heteroatoms. The van der Waals surface area contributed by atoms with E-state index in [0.717, 1.165) is 12.1 Å². The zero-order chi connectivity index (χ0) is 12.0. The zero-order valence-corrected chi connectivity index (χ0v) is 9.63. The van der Waals surface area contributed by atoms with E-state index in [1.807, 2.05) is 24.1 Å². The monoisotopic (exact) mass is 224 g/mol. The SMILES string of the molecule is CN(CCO)CCC(O)c1cccc(N)c1. The minimum absolute atomic E-state index is 0.144. The predicted molar refractivity (Wildman–Crippen MR) is 65.0 cm³/mol. The highest BCUT2D eigenvalue weighted by molar-refractivity contribution is 5.41. The molecule has 1 unspecified atom stereocenters. The lowest BCUT2D eigenvalue weighted by Gasteiger charge is -2.18. The highest BCUT2D eigenvalue weighted by Gasteiger charge is 2.08. The lowest BCUT2D eigenvalue weighted by atomic mass is 10.1. The highest BCUT2D eigenvalue weighted by atomic mass is 16.3. The van der Waals surface area contributed by atoms with Gasteiger partial charge in [0.1, 0.15) is 0 Å². The molecule has 0 radical (unpaired) electrons. The summed E-state index contributed by atoms with van der Waals surface area (Å²) in [5.74, 6) is 0. The number of hydrogen-bond donors (Lipinski definition) is 3. The number of nitrogens with two attached hydrogens (primary N) is 1. The van der Waals surface area contributed by atoms with Crippen molar-refractivity contribution in [2.75, 3.05) is 32.5 Å². The van der Waals surface area contributed by atoms with Gasteiger partial charge in [0.2, 0.25) is 0 Å². The first-order valence-electron chi connectivity index (χ1n) is 5.46. The lowest BCUT2D eigenvalue weighted by molar-refractivity contribution is 0.141. The van der Waals surface area contributed by atoms with Crippen LogP contribution in [0.1, 0.15) is 18.1 Å². The minimum atomic E-state index is -0.496. The molecule has 16 heavy (non-hydrogen) atoms. The topological polar surface area (TPSA) is 69.7 Å². The third-order valence-corrected chi connectivity index (χ3v) is 2.56. The van der Waals surface area contributed by atoms with E-state index < -0.39 is 6.10 Å². The van der Waals surface area contributed by atoms with E-state index in [1.165, 1.54) is 0 Å². The molecule has 0 bridgehead atoms. The van der Waals surface area contributed by atoms with E-state index in [1.54, 1.807) is 12.1 Å². The van der Waals surface area contributed by atoms with Gasteiger partial charge in [0, 0.05) is 18.8 Å². The summed E-state index contributed by atoms with van der Waals surface area (Å²) in [6, 6.07) is 7.29. The molecule has 1 rings (SSSR count). The Bertz CT molecular complexity index is 318. The summed E-state index contributed by atoms with van der Waals surface area (Å²) in [6.07, 6.45) is 0.143. The number of rotatable bonds is 6. The van der Waals surface area contributed by atoms with E-state index in [0.29, 0.717) is 18.7 Å². The van der Waals surface area contributed by atoms with Crippen molar-refractivity contribution in [3.05, 3.63) is 29.8 Å². The third-order valence-electron chi connectivity index (χ3n) is 2.56. The van der Waals surface area contributed by atoms with Gasteiger partial charge in [0.15, 0.2) is 0 Å². The molecule has 0 spiro atoms. The number of anilines is 1. The van der Waals surface area contributed by atoms with Crippen LogP contribution in [0.5, 0.6) is 0 Å². The van der Waals surface area contributed by atoms with Crippen LogP contribution in [0.3, 0.4) is 0 Å². The van der Waals surface area contributed by atoms with Crippen LogP contribution in [0.25, 0.3) is 0 Å². The Morgan fingerprint density at radius 2 is 2.12 bits per heavy atom. The van der Waals surface area contributed by atoms with Crippen LogP contribution in [0.2, 0.25) is 0 Å². The second-order valence-corrected chi connectivity index (χ2v) is 4.00. The summed E-state index contributed by atoms with van der Waals surface area (Å²) >= 11 is 0. The van der Waals surface area contributed by atoms with Crippen LogP contribution >= 0.6 is 0 Å².